The number of aryl methyl sites for hydroxylation is 2. The molecule has 3 aromatic rings. The van der Waals surface area contributed by atoms with Crippen molar-refractivity contribution in [2.75, 3.05) is 0 Å². The molecule has 128 valence electrons. The Labute approximate surface area is 146 Å². The summed E-state index contributed by atoms with van der Waals surface area (Å²) in [6.45, 7) is 8.69. The number of carbonyl (C=O) groups excluding carboxylic acids is 1. The van der Waals surface area contributed by atoms with Crippen molar-refractivity contribution in [3.8, 4) is 5.82 Å². The lowest BCUT2D eigenvalue weighted by Gasteiger charge is -2.02. The predicted molar refractivity (Wildman–Crippen MR) is 96.8 cm³/mol. The normalized spacial score (nSPS) is 11.4. The zero-order valence-corrected chi connectivity index (χ0v) is 14.9. The first kappa shape index (κ1) is 16.8. The maximum absolute atomic E-state index is 12.6. The lowest BCUT2D eigenvalue weighted by Crippen LogP contribution is -2.03. The Kier molecular flexibility index (Phi) is 4.61. The van der Waals surface area contributed by atoms with E-state index >= 15 is 0 Å². The molecule has 25 heavy (non-hydrogen) atoms. The van der Waals surface area contributed by atoms with Crippen LogP contribution in [0.1, 0.15) is 39.9 Å². The quantitative estimate of drug-likeness (QED) is 0.530. The number of nitrogens with zero attached hydrogens (tertiary/aromatic N) is 5. The van der Waals surface area contributed by atoms with Crippen molar-refractivity contribution in [1.29, 1.82) is 0 Å². The minimum atomic E-state index is -0.0808. The Morgan fingerprint density at radius 3 is 2.64 bits per heavy atom. The van der Waals surface area contributed by atoms with Gasteiger partial charge in [-0.25, -0.2) is 9.67 Å². The van der Waals surface area contributed by atoms with E-state index in [1.54, 1.807) is 23.2 Å². The van der Waals surface area contributed by atoms with E-state index in [1.807, 2.05) is 56.7 Å². The van der Waals surface area contributed by atoms with Gasteiger partial charge in [-0.05, 0) is 52.0 Å². The molecule has 6 heteroatoms. The molecule has 0 atom stereocenters. The third kappa shape index (κ3) is 3.15. The fourth-order valence-corrected chi connectivity index (χ4v) is 2.87. The molecular weight excluding hydrogens is 314 g/mol. The summed E-state index contributed by atoms with van der Waals surface area (Å²) < 4.78 is 3.61. The predicted octanol–water partition coefficient (Wildman–Crippen LogP) is 3.31. The maximum Gasteiger partial charge on any atom is 0.189 e. The van der Waals surface area contributed by atoms with E-state index in [1.165, 1.54) is 0 Å². The first-order chi connectivity index (χ1) is 12.0. The summed E-state index contributed by atoms with van der Waals surface area (Å²) in [5.74, 6) is 0.613. The average Bonchev–Trinajstić information content (AvgIpc) is 3.13. The highest BCUT2D eigenvalue weighted by atomic mass is 16.1. The van der Waals surface area contributed by atoms with Crippen molar-refractivity contribution < 1.29 is 4.79 Å². The molecule has 0 amide bonds. The molecular formula is C19H21N5O. The topological polar surface area (TPSA) is 65.6 Å². The molecule has 0 aliphatic heterocycles. The van der Waals surface area contributed by atoms with Crippen LogP contribution in [0.3, 0.4) is 0 Å². The molecule has 0 fully saturated rings. The van der Waals surface area contributed by atoms with Crippen LogP contribution in [0, 0.1) is 20.8 Å². The second-order valence-corrected chi connectivity index (χ2v) is 5.84. The average molecular weight is 335 g/mol. The number of hydrogen-bond donors (Lipinski definition) is 0. The van der Waals surface area contributed by atoms with Crippen LogP contribution in [-0.2, 0) is 6.54 Å². The van der Waals surface area contributed by atoms with Gasteiger partial charge < -0.3 is 0 Å². The van der Waals surface area contributed by atoms with Crippen LogP contribution >= 0.6 is 0 Å². The van der Waals surface area contributed by atoms with Crippen LogP contribution < -0.4 is 0 Å². The Morgan fingerprint density at radius 1 is 1.20 bits per heavy atom. The van der Waals surface area contributed by atoms with Crippen LogP contribution in [0.15, 0.2) is 36.7 Å². The highest BCUT2D eigenvalue weighted by Crippen LogP contribution is 2.17. The summed E-state index contributed by atoms with van der Waals surface area (Å²) in [5.41, 5.74) is 4.31. The molecule has 0 saturated heterocycles. The Hall–Kier alpha value is -3.02. The number of hydrogen-bond acceptors (Lipinski definition) is 4. The zero-order valence-electron chi connectivity index (χ0n) is 14.9. The number of aromatic nitrogens is 5. The van der Waals surface area contributed by atoms with Crippen molar-refractivity contribution in [2.24, 2.45) is 0 Å². The molecule has 3 rings (SSSR count). The third-order valence-corrected chi connectivity index (χ3v) is 4.28. The summed E-state index contributed by atoms with van der Waals surface area (Å²) in [6.07, 6.45) is 6.72. The van der Waals surface area contributed by atoms with Gasteiger partial charge in [-0.15, -0.1) is 0 Å². The van der Waals surface area contributed by atoms with Crippen molar-refractivity contribution in [3.63, 3.8) is 0 Å². The molecule has 0 spiro atoms. The SMILES string of the molecule is CCn1nc(C)c(C=CC(=O)c2cnn(-c3ccccn3)c2C)c1C. The van der Waals surface area contributed by atoms with Gasteiger partial charge in [0, 0.05) is 24.0 Å². The van der Waals surface area contributed by atoms with Gasteiger partial charge in [0.25, 0.3) is 0 Å². The molecule has 0 aliphatic rings. The molecule has 0 aromatic carbocycles. The van der Waals surface area contributed by atoms with E-state index < -0.39 is 0 Å². The molecule has 0 aliphatic carbocycles. The van der Waals surface area contributed by atoms with Crippen LogP contribution in [0.2, 0.25) is 0 Å². The van der Waals surface area contributed by atoms with Crippen molar-refractivity contribution in [1.82, 2.24) is 24.5 Å². The number of rotatable bonds is 5. The first-order valence-electron chi connectivity index (χ1n) is 8.25. The minimum Gasteiger partial charge on any atom is -0.289 e. The lowest BCUT2D eigenvalue weighted by atomic mass is 10.1. The summed E-state index contributed by atoms with van der Waals surface area (Å²) in [6, 6.07) is 5.59. The monoisotopic (exact) mass is 335 g/mol. The Morgan fingerprint density at radius 2 is 2.00 bits per heavy atom. The van der Waals surface area contributed by atoms with E-state index in [4.69, 9.17) is 0 Å². The fraction of sp³-hybridized carbons (Fsp3) is 0.263. The van der Waals surface area contributed by atoms with Crippen molar-refractivity contribution >= 4 is 11.9 Å². The summed E-state index contributed by atoms with van der Waals surface area (Å²) in [7, 11) is 0. The molecule has 0 radical (unpaired) electrons. The van der Waals surface area contributed by atoms with Gasteiger partial charge in [0.05, 0.1) is 23.1 Å². The maximum atomic E-state index is 12.6. The van der Waals surface area contributed by atoms with E-state index in [9.17, 15) is 4.79 Å². The molecule has 0 unspecified atom stereocenters. The first-order valence-corrected chi connectivity index (χ1v) is 8.25. The van der Waals surface area contributed by atoms with Gasteiger partial charge in [0.15, 0.2) is 11.6 Å². The largest absolute Gasteiger partial charge is 0.289 e. The van der Waals surface area contributed by atoms with Gasteiger partial charge >= 0.3 is 0 Å². The minimum absolute atomic E-state index is 0.0808. The van der Waals surface area contributed by atoms with Crippen molar-refractivity contribution in [2.45, 2.75) is 34.2 Å². The van der Waals surface area contributed by atoms with Crippen LogP contribution in [0.5, 0.6) is 0 Å². The Bertz CT molecular complexity index is 934. The van der Waals surface area contributed by atoms with Gasteiger partial charge in [0.2, 0.25) is 0 Å². The molecule has 0 N–H and O–H groups in total. The van der Waals surface area contributed by atoms with Gasteiger partial charge in [-0.3, -0.25) is 9.48 Å². The molecule has 6 nitrogen and oxygen atoms in total. The molecule has 3 heterocycles. The summed E-state index contributed by atoms with van der Waals surface area (Å²) >= 11 is 0. The zero-order chi connectivity index (χ0) is 18.0. The van der Waals surface area contributed by atoms with E-state index in [0.717, 1.165) is 29.2 Å². The summed E-state index contributed by atoms with van der Waals surface area (Å²) in [5, 5.41) is 8.77. The lowest BCUT2D eigenvalue weighted by molar-refractivity contribution is 0.104. The standard InChI is InChI=1S/C19H21N5O/c1-5-23-14(3)16(13(2)22-23)9-10-18(25)17-12-21-24(15(17)4)19-8-6-7-11-20-19/h6-12H,5H2,1-4H3. The molecule has 3 aromatic heterocycles. The van der Waals surface area contributed by atoms with E-state index in [0.29, 0.717) is 11.4 Å². The number of carbonyl (C=O) groups is 1. The number of allylic oxidation sites excluding steroid dienone is 1. The summed E-state index contributed by atoms with van der Waals surface area (Å²) in [4.78, 5) is 16.9. The highest BCUT2D eigenvalue weighted by molar-refractivity contribution is 6.07. The Balaban J connectivity index is 1.88. The van der Waals surface area contributed by atoms with Crippen LogP contribution in [0.4, 0.5) is 0 Å². The second-order valence-electron chi connectivity index (χ2n) is 5.84. The smallest absolute Gasteiger partial charge is 0.189 e. The van der Waals surface area contributed by atoms with E-state index in [-0.39, 0.29) is 5.78 Å². The number of ketones is 1. The van der Waals surface area contributed by atoms with Gasteiger partial charge in [0.1, 0.15) is 0 Å². The van der Waals surface area contributed by atoms with E-state index in [2.05, 4.69) is 15.2 Å². The third-order valence-electron chi connectivity index (χ3n) is 4.28. The second kappa shape index (κ2) is 6.84. The van der Waals surface area contributed by atoms with Gasteiger partial charge in [-0.2, -0.15) is 10.2 Å². The fourth-order valence-electron chi connectivity index (χ4n) is 2.87. The highest BCUT2D eigenvalue weighted by Gasteiger charge is 2.14. The van der Waals surface area contributed by atoms with Gasteiger partial charge in [-0.1, -0.05) is 6.07 Å². The molecule has 0 saturated carbocycles. The van der Waals surface area contributed by atoms with Crippen LogP contribution in [-0.4, -0.2) is 30.3 Å². The number of pyridine rings is 1. The molecule has 0 bridgehead atoms. The van der Waals surface area contributed by atoms with Crippen molar-refractivity contribution in [3.05, 3.63) is 64.9 Å². The van der Waals surface area contributed by atoms with Crippen LogP contribution in [0.25, 0.3) is 11.9 Å².